The van der Waals surface area contributed by atoms with Crippen LogP contribution >= 0.6 is 0 Å². The second kappa shape index (κ2) is 2.92. The first-order valence-corrected chi connectivity index (χ1v) is 4.42. The van der Waals surface area contributed by atoms with Gasteiger partial charge in [-0.15, -0.1) is 0 Å². The third-order valence-electron chi connectivity index (χ3n) is 2.33. The van der Waals surface area contributed by atoms with Crippen LogP contribution in [0.5, 0.6) is 11.5 Å². The number of phenols is 1. The zero-order valence-electron chi connectivity index (χ0n) is 7.53. The van der Waals surface area contributed by atoms with Gasteiger partial charge in [-0.05, 0) is 13.0 Å². The van der Waals surface area contributed by atoms with E-state index in [1.54, 1.807) is 12.1 Å². The van der Waals surface area contributed by atoms with Gasteiger partial charge in [0.15, 0.2) is 11.5 Å². The van der Waals surface area contributed by atoms with E-state index < -0.39 is 0 Å². The van der Waals surface area contributed by atoms with E-state index in [1.807, 2.05) is 13.0 Å². The van der Waals surface area contributed by atoms with Crippen LogP contribution in [0.3, 0.4) is 0 Å². The van der Waals surface area contributed by atoms with Crippen LogP contribution in [-0.2, 0) is 0 Å². The number of nitrogens with two attached hydrogens (primary N) is 1. The maximum Gasteiger partial charge on any atom is 0.166 e. The van der Waals surface area contributed by atoms with Gasteiger partial charge in [0.05, 0.1) is 6.10 Å². The molecule has 13 heavy (non-hydrogen) atoms. The lowest BCUT2D eigenvalue weighted by Gasteiger charge is -2.28. The molecule has 3 nitrogen and oxygen atoms in total. The van der Waals surface area contributed by atoms with E-state index in [4.69, 9.17) is 10.5 Å². The van der Waals surface area contributed by atoms with E-state index in [1.165, 1.54) is 0 Å². The quantitative estimate of drug-likeness (QED) is 0.635. The molecular weight excluding hydrogens is 166 g/mol. The number of benzene rings is 1. The predicted octanol–water partition coefficient (Wildman–Crippen LogP) is 1.56. The standard InChI is InChI=1S/C10H13NO2/c1-6-5-8(11)7-3-2-4-9(12)10(7)13-6/h2-4,6,8,12H,5,11H2,1H3. The van der Waals surface area contributed by atoms with Gasteiger partial charge < -0.3 is 15.6 Å². The van der Waals surface area contributed by atoms with E-state index in [2.05, 4.69) is 0 Å². The molecule has 1 aromatic carbocycles. The van der Waals surface area contributed by atoms with Crippen molar-refractivity contribution < 1.29 is 9.84 Å². The summed E-state index contributed by atoms with van der Waals surface area (Å²) in [5.74, 6) is 0.730. The molecule has 70 valence electrons. The molecular formula is C10H13NO2. The molecule has 2 rings (SSSR count). The molecule has 3 N–H and O–H groups in total. The summed E-state index contributed by atoms with van der Waals surface area (Å²) in [6.07, 6.45) is 0.881. The number of hydrogen-bond donors (Lipinski definition) is 2. The average Bonchev–Trinajstić information content (AvgIpc) is 2.07. The van der Waals surface area contributed by atoms with Crippen molar-refractivity contribution in [3.05, 3.63) is 23.8 Å². The number of para-hydroxylation sites is 1. The molecule has 0 radical (unpaired) electrons. The van der Waals surface area contributed by atoms with E-state index in [-0.39, 0.29) is 17.9 Å². The number of ether oxygens (including phenoxy) is 1. The molecule has 1 aromatic rings. The van der Waals surface area contributed by atoms with Gasteiger partial charge in [-0.25, -0.2) is 0 Å². The van der Waals surface area contributed by atoms with Crippen LogP contribution in [0.4, 0.5) is 0 Å². The van der Waals surface area contributed by atoms with Gasteiger partial charge in [-0.1, -0.05) is 12.1 Å². The summed E-state index contributed by atoms with van der Waals surface area (Å²) >= 11 is 0. The Morgan fingerprint density at radius 3 is 3.08 bits per heavy atom. The fourth-order valence-electron chi connectivity index (χ4n) is 1.70. The van der Waals surface area contributed by atoms with E-state index in [0.717, 1.165) is 12.0 Å². The normalized spacial score (nSPS) is 26.3. The molecule has 2 unspecified atom stereocenters. The number of aromatic hydroxyl groups is 1. The average molecular weight is 179 g/mol. The van der Waals surface area contributed by atoms with Crippen molar-refractivity contribution in [2.24, 2.45) is 5.73 Å². The molecule has 0 amide bonds. The molecule has 1 heterocycles. The van der Waals surface area contributed by atoms with Crippen LogP contribution < -0.4 is 10.5 Å². The van der Waals surface area contributed by atoms with Crippen LogP contribution in [0.15, 0.2) is 18.2 Å². The second-order valence-electron chi connectivity index (χ2n) is 3.47. The summed E-state index contributed by atoms with van der Waals surface area (Å²) in [6.45, 7) is 1.95. The minimum atomic E-state index is -0.0224. The van der Waals surface area contributed by atoms with Crippen molar-refractivity contribution in [2.45, 2.75) is 25.5 Å². The van der Waals surface area contributed by atoms with Crippen LogP contribution in [0.1, 0.15) is 24.9 Å². The summed E-state index contributed by atoms with van der Waals surface area (Å²) in [4.78, 5) is 0. The molecule has 3 heteroatoms. The molecule has 1 aliphatic heterocycles. The Kier molecular flexibility index (Phi) is 1.88. The third-order valence-corrected chi connectivity index (χ3v) is 2.33. The zero-order chi connectivity index (χ0) is 9.42. The number of rotatable bonds is 0. The van der Waals surface area contributed by atoms with Gasteiger partial charge in [0.2, 0.25) is 0 Å². The van der Waals surface area contributed by atoms with Crippen molar-refractivity contribution >= 4 is 0 Å². The van der Waals surface area contributed by atoms with Gasteiger partial charge in [0, 0.05) is 18.0 Å². The molecule has 2 atom stereocenters. The lowest BCUT2D eigenvalue weighted by molar-refractivity contribution is 0.170. The highest BCUT2D eigenvalue weighted by atomic mass is 16.5. The molecule has 0 fully saturated rings. The monoisotopic (exact) mass is 179 g/mol. The third kappa shape index (κ3) is 1.35. The van der Waals surface area contributed by atoms with Gasteiger partial charge in [-0.3, -0.25) is 0 Å². The Hall–Kier alpha value is -1.22. The van der Waals surface area contributed by atoms with Crippen LogP contribution in [0.2, 0.25) is 0 Å². The van der Waals surface area contributed by atoms with E-state index in [0.29, 0.717) is 5.75 Å². The smallest absolute Gasteiger partial charge is 0.166 e. The number of fused-ring (bicyclic) bond motifs is 1. The van der Waals surface area contributed by atoms with Gasteiger partial charge in [0.1, 0.15) is 0 Å². The highest BCUT2D eigenvalue weighted by Crippen LogP contribution is 2.39. The number of phenolic OH excluding ortho intramolecular Hbond substituents is 1. The summed E-state index contributed by atoms with van der Waals surface area (Å²) in [6, 6.07) is 5.27. The van der Waals surface area contributed by atoms with Crippen molar-refractivity contribution in [1.29, 1.82) is 0 Å². The summed E-state index contributed by atoms with van der Waals surface area (Å²) in [7, 11) is 0. The summed E-state index contributed by atoms with van der Waals surface area (Å²) < 4.78 is 5.50. The highest BCUT2D eigenvalue weighted by molar-refractivity contribution is 5.48. The fraction of sp³-hybridized carbons (Fsp3) is 0.400. The van der Waals surface area contributed by atoms with Crippen molar-refractivity contribution in [3.63, 3.8) is 0 Å². The van der Waals surface area contributed by atoms with Crippen LogP contribution in [0, 0.1) is 0 Å². The van der Waals surface area contributed by atoms with Crippen molar-refractivity contribution in [3.8, 4) is 11.5 Å². The fourth-order valence-corrected chi connectivity index (χ4v) is 1.70. The topological polar surface area (TPSA) is 55.5 Å². The van der Waals surface area contributed by atoms with E-state index in [9.17, 15) is 5.11 Å². The Balaban J connectivity index is 2.49. The first kappa shape index (κ1) is 8.38. The summed E-state index contributed by atoms with van der Waals surface area (Å²) in [5, 5.41) is 9.51. The SMILES string of the molecule is CC1CC(N)c2cccc(O)c2O1. The lowest BCUT2D eigenvalue weighted by Crippen LogP contribution is -2.27. The lowest BCUT2D eigenvalue weighted by atomic mass is 9.98. The van der Waals surface area contributed by atoms with Gasteiger partial charge >= 0.3 is 0 Å². The second-order valence-corrected chi connectivity index (χ2v) is 3.47. The molecule has 0 saturated carbocycles. The Morgan fingerprint density at radius 2 is 2.31 bits per heavy atom. The Labute approximate surface area is 77.1 Å². The highest BCUT2D eigenvalue weighted by Gasteiger charge is 2.24. The van der Waals surface area contributed by atoms with Crippen LogP contribution in [-0.4, -0.2) is 11.2 Å². The maximum absolute atomic E-state index is 9.51. The molecule has 0 saturated heterocycles. The minimum absolute atomic E-state index is 0.0224. The zero-order valence-corrected chi connectivity index (χ0v) is 7.53. The van der Waals surface area contributed by atoms with Crippen molar-refractivity contribution in [2.75, 3.05) is 0 Å². The van der Waals surface area contributed by atoms with Crippen LogP contribution in [0.25, 0.3) is 0 Å². The van der Waals surface area contributed by atoms with Crippen molar-refractivity contribution in [1.82, 2.24) is 0 Å². The molecule has 0 bridgehead atoms. The molecule has 0 spiro atoms. The molecule has 0 aromatic heterocycles. The van der Waals surface area contributed by atoms with Gasteiger partial charge in [0.25, 0.3) is 0 Å². The minimum Gasteiger partial charge on any atom is -0.504 e. The first-order valence-electron chi connectivity index (χ1n) is 4.42. The predicted molar refractivity (Wildman–Crippen MR) is 49.7 cm³/mol. The summed E-state index contributed by atoms with van der Waals surface area (Å²) in [5.41, 5.74) is 6.82. The van der Waals surface area contributed by atoms with Gasteiger partial charge in [-0.2, -0.15) is 0 Å². The molecule has 1 aliphatic rings. The maximum atomic E-state index is 9.51. The van der Waals surface area contributed by atoms with E-state index >= 15 is 0 Å². The Morgan fingerprint density at radius 1 is 1.54 bits per heavy atom. The largest absolute Gasteiger partial charge is 0.504 e. The number of hydrogen-bond acceptors (Lipinski definition) is 3. The molecule has 0 aliphatic carbocycles. The first-order chi connectivity index (χ1) is 6.18. The Bertz CT molecular complexity index is 325.